The van der Waals surface area contributed by atoms with Gasteiger partial charge in [-0.15, -0.1) is 0 Å². The molecule has 0 aliphatic rings. The molecule has 10 N–H and O–H groups in total. The maximum atomic E-state index is 14.4. The maximum absolute atomic E-state index is 14.4. The number of amides is 7. The van der Waals surface area contributed by atoms with Gasteiger partial charge in [0.2, 0.25) is 35.3 Å². The third-order valence-electron chi connectivity index (χ3n) is 10.5. The van der Waals surface area contributed by atoms with Crippen molar-refractivity contribution in [3.05, 3.63) is 65.2 Å². The number of unbranched alkanes of at least 4 members (excludes halogenated alkanes) is 1. The van der Waals surface area contributed by atoms with Crippen molar-refractivity contribution in [2.75, 3.05) is 6.61 Å². The number of carboxylic acid groups (broad SMARTS) is 2. The number of carbonyl (C=O) groups is 10. The molecule has 7 amide bonds. The largest absolute Gasteiger partial charge is 0.484 e. The van der Waals surface area contributed by atoms with E-state index in [2.05, 4.69) is 31.9 Å². The van der Waals surface area contributed by atoms with E-state index in [1.54, 1.807) is 90.1 Å². The Balaban J connectivity index is 2.46. The van der Waals surface area contributed by atoms with Gasteiger partial charge in [-0.25, -0.2) is 0 Å². The molecule has 0 unspecified atom stereocenters. The second-order valence-electron chi connectivity index (χ2n) is 17.9. The lowest BCUT2D eigenvalue weighted by Gasteiger charge is -2.34. The van der Waals surface area contributed by atoms with Gasteiger partial charge < -0.3 is 52.6 Å². The van der Waals surface area contributed by atoms with Crippen LogP contribution >= 0.6 is 0 Å². The number of carbonyl (C=O) groups excluding carboxylic acids is 8. The Morgan fingerprint density at radius 3 is 1.76 bits per heavy atom. The molecule has 0 aliphatic heterocycles. The van der Waals surface area contributed by atoms with E-state index in [0.717, 1.165) is 11.1 Å². The molecule has 0 fully saturated rings. The number of hydrogen-bond donors (Lipinski definition) is 9. The van der Waals surface area contributed by atoms with Crippen LogP contribution in [-0.4, -0.2) is 112 Å². The van der Waals surface area contributed by atoms with Crippen molar-refractivity contribution in [3.63, 3.8) is 0 Å². The summed E-state index contributed by atoms with van der Waals surface area (Å²) in [6.45, 7) is 13.4. The minimum absolute atomic E-state index is 0.0985. The summed E-state index contributed by atoms with van der Waals surface area (Å²) < 4.78 is 5.44. The molecule has 0 heterocycles. The minimum atomic E-state index is -1.74. The van der Waals surface area contributed by atoms with E-state index in [9.17, 15) is 58.2 Å². The Kier molecular flexibility index (Phi) is 22.6. The van der Waals surface area contributed by atoms with Gasteiger partial charge in [0, 0.05) is 12.8 Å². The Morgan fingerprint density at radius 1 is 0.657 bits per heavy atom. The first kappa shape index (κ1) is 56.3. The number of aliphatic carboxylic acids is 2. The summed E-state index contributed by atoms with van der Waals surface area (Å²) >= 11 is 0. The highest BCUT2D eigenvalue weighted by Gasteiger charge is 2.39. The van der Waals surface area contributed by atoms with E-state index in [1.165, 1.54) is 0 Å². The van der Waals surface area contributed by atoms with Crippen molar-refractivity contribution in [2.45, 2.75) is 143 Å². The molecule has 2 aromatic rings. The van der Waals surface area contributed by atoms with Crippen LogP contribution in [0.25, 0.3) is 0 Å². The molecule has 0 bridgehead atoms. The number of nitrogens with one attached hydrogen (secondary N) is 6. The predicted molar refractivity (Wildman–Crippen MR) is 245 cm³/mol. The highest BCUT2D eigenvalue weighted by Crippen LogP contribution is 2.21. The quantitative estimate of drug-likeness (QED) is 0.0548. The van der Waals surface area contributed by atoms with E-state index >= 15 is 0 Å². The van der Waals surface area contributed by atoms with E-state index < -0.39 is 127 Å². The molecule has 368 valence electrons. The molecule has 0 aromatic heterocycles. The number of ketones is 1. The Labute approximate surface area is 390 Å². The topological polar surface area (TPSA) is 319 Å². The molecule has 2 rings (SSSR count). The summed E-state index contributed by atoms with van der Waals surface area (Å²) in [6, 6.07) is 4.91. The fourth-order valence-electron chi connectivity index (χ4n) is 6.75. The monoisotopic (exact) mass is 937 g/mol. The fourth-order valence-corrected chi connectivity index (χ4v) is 6.75. The average molecular weight is 938 g/mol. The summed E-state index contributed by atoms with van der Waals surface area (Å²) in [5.41, 5.74) is 6.47. The van der Waals surface area contributed by atoms with Crippen molar-refractivity contribution < 1.29 is 62.9 Å². The van der Waals surface area contributed by atoms with Crippen molar-refractivity contribution in [1.29, 1.82) is 0 Å². The molecular formula is C47H67N7O13. The minimum Gasteiger partial charge on any atom is -0.484 e. The van der Waals surface area contributed by atoms with Crippen molar-refractivity contribution in [3.8, 4) is 5.75 Å². The zero-order chi connectivity index (χ0) is 50.6. The number of hydrogen-bond acceptors (Lipinski definition) is 11. The average Bonchev–Trinajstić information content (AvgIpc) is 3.23. The van der Waals surface area contributed by atoms with Crippen LogP contribution in [-0.2, 0) is 54.4 Å². The molecule has 2 aromatic carbocycles. The third kappa shape index (κ3) is 20.0. The van der Waals surface area contributed by atoms with Crippen LogP contribution in [0, 0.1) is 25.2 Å². The Bertz CT molecular complexity index is 2080. The smallest absolute Gasteiger partial charge is 0.305 e. The van der Waals surface area contributed by atoms with Gasteiger partial charge in [-0.1, -0.05) is 96.3 Å². The molecule has 0 radical (unpaired) electrons. The summed E-state index contributed by atoms with van der Waals surface area (Å²) in [6.07, 6.45) is -0.883. The van der Waals surface area contributed by atoms with Crippen LogP contribution in [0.1, 0.15) is 103 Å². The number of carboxylic acids is 2. The lowest BCUT2D eigenvalue weighted by atomic mass is 9.85. The molecule has 0 saturated carbocycles. The summed E-state index contributed by atoms with van der Waals surface area (Å²) in [7, 11) is 0. The van der Waals surface area contributed by atoms with Crippen LogP contribution in [0.2, 0.25) is 0 Å². The van der Waals surface area contributed by atoms with Gasteiger partial charge in [-0.2, -0.15) is 0 Å². The summed E-state index contributed by atoms with van der Waals surface area (Å²) in [5, 5.41) is 34.2. The summed E-state index contributed by atoms with van der Waals surface area (Å²) in [4.78, 5) is 131. The van der Waals surface area contributed by atoms with Gasteiger partial charge in [0.15, 0.2) is 6.61 Å². The number of benzene rings is 2. The molecule has 0 spiro atoms. The van der Waals surface area contributed by atoms with Crippen molar-refractivity contribution >= 4 is 59.1 Å². The van der Waals surface area contributed by atoms with E-state index in [0.29, 0.717) is 24.2 Å². The zero-order valence-corrected chi connectivity index (χ0v) is 39.5. The predicted octanol–water partition coefficient (Wildman–Crippen LogP) is 1.51. The first-order valence-electron chi connectivity index (χ1n) is 22.1. The lowest BCUT2D eigenvalue weighted by Crippen LogP contribution is -2.62. The highest BCUT2D eigenvalue weighted by molar-refractivity contribution is 6.37. The molecule has 67 heavy (non-hydrogen) atoms. The van der Waals surface area contributed by atoms with Gasteiger partial charge in [-0.3, -0.25) is 47.9 Å². The first-order chi connectivity index (χ1) is 31.3. The van der Waals surface area contributed by atoms with E-state index in [1.807, 2.05) is 13.8 Å². The van der Waals surface area contributed by atoms with Crippen LogP contribution in [0.4, 0.5) is 0 Å². The molecule has 20 heteroatoms. The van der Waals surface area contributed by atoms with Crippen molar-refractivity contribution in [2.24, 2.45) is 17.1 Å². The van der Waals surface area contributed by atoms with Crippen LogP contribution in [0.3, 0.4) is 0 Å². The van der Waals surface area contributed by atoms with Gasteiger partial charge in [-0.05, 0) is 67.7 Å². The SMILES string of the molecule is CCCC[C@H](NC(=O)[C@H](CC(C)C)NC(=O)[C@@H](NC(=O)[C@H](Cc1ccccc1C)NC(=O)[C@H](CCC(=O)O)NC(=O)[C@H](CC(=O)O)NC(=O)COc1ccc(C)cc1)C(C)(C)C)C(=O)C(N)=O. The molecule has 0 saturated heterocycles. The van der Waals surface area contributed by atoms with E-state index in [4.69, 9.17) is 10.5 Å². The Morgan fingerprint density at radius 2 is 1.21 bits per heavy atom. The number of nitrogens with two attached hydrogens (primary N) is 1. The highest BCUT2D eigenvalue weighted by atomic mass is 16.5. The summed E-state index contributed by atoms with van der Waals surface area (Å²) in [5.74, 6) is -10.3. The number of ether oxygens (including phenoxy) is 1. The van der Waals surface area contributed by atoms with Crippen molar-refractivity contribution in [1.82, 2.24) is 31.9 Å². The molecule has 0 aliphatic carbocycles. The van der Waals surface area contributed by atoms with E-state index in [-0.39, 0.29) is 25.2 Å². The molecule has 20 nitrogen and oxygen atoms in total. The normalized spacial score (nSPS) is 13.9. The van der Waals surface area contributed by atoms with Crippen LogP contribution in [0.5, 0.6) is 5.75 Å². The van der Waals surface area contributed by atoms with Gasteiger partial charge >= 0.3 is 11.9 Å². The molecule has 6 atom stereocenters. The maximum Gasteiger partial charge on any atom is 0.305 e. The first-order valence-corrected chi connectivity index (χ1v) is 22.1. The second-order valence-corrected chi connectivity index (χ2v) is 17.9. The fraction of sp³-hybridized carbons (Fsp3) is 0.532. The lowest BCUT2D eigenvalue weighted by molar-refractivity contribution is -0.141. The number of rotatable bonds is 28. The number of primary amides is 1. The third-order valence-corrected chi connectivity index (χ3v) is 10.5. The molecular weight excluding hydrogens is 871 g/mol. The number of Topliss-reactive ketones (excluding diaryl/α,β-unsaturated/α-hetero) is 1. The van der Waals surface area contributed by atoms with Crippen LogP contribution < -0.4 is 42.4 Å². The standard InChI is InChI=1S/C47H67N7O13/c1-9-10-15-31(39(60)41(48)61)50-43(63)33(22-26(2)3)53-46(66)40(47(6,7)8)54-45(65)34(23-29-14-12-11-13-28(29)5)52-42(62)32(20-21-37(56)57)51-44(64)35(24-38(58)59)49-36(55)25-67-30-18-16-27(4)17-19-30/h11-14,16-19,26,31-35,40H,9-10,15,20-25H2,1-8H3,(H2,48,61)(H,49,55)(H,50,63)(H,51,64)(H,52,62)(H,53,66)(H,54,65)(H,56,57)(H,58,59)/t31-,32-,33-,34-,35-,40+/m0/s1. The van der Waals surface area contributed by atoms with Gasteiger partial charge in [0.1, 0.15) is 36.0 Å². The second kappa shape index (κ2) is 26.9. The Hall–Kier alpha value is -6.86. The van der Waals surface area contributed by atoms with Gasteiger partial charge in [0.25, 0.3) is 11.8 Å². The zero-order valence-electron chi connectivity index (χ0n) is 39.5. The number of aryl methyl sites for hydroxylation is 2. The van der Waals surface area contributed by atoms with Crippen LogP contribution in [0.15, 0.2) is 48.5 Å². The van der Waals surface area contributed by atoms with Gasteiger partial charge in [0.05, 0.1) is 12.5 Å².